The fourth-order valence-corrected chi connectivity index (χ4v) is 2.38. The maximum Gasteiger partial charge on any atom is 0.119 e. The van der Waals surface area contributed by atoms with Crippen LogP contribution in [0.2, 0.25) is 0 Å². The zero-order valence-corrected chi connectivity index (χ0v) is 12.5. The van der Waals surface area contributed by atoms with Gasteiger partial charge in [-0.15, -0.1) is 0 Å². The minimum Gasteiger partial charge on any atom is -0.508 e. The number of ether oxygens (including phenoxy) is 1. The van der Waals surface area contributed by atoms with Crippen LogP contribution in [0, 0.1) is 0 Å². The zero-order valence-electron chi connectivity index (χ0n) is 12.5. The van der Waals surface area contributed by atoms with Crippen LogP contribution >= 0.6 is 0 Å². The highest BCUT2D eigenvalue weighted by Gasteiger charge is 1.99. The molecule has 1 N–H and O–H groups in total. The van der Waals surface area contributed by atoms with E-state index in [4.69, 9.17) is 4.74 Å². The number of aromatic hydroxyl groups is 1. The SMILES string of the molecule is Oc1ccccc1CCCCCCCOc1ccccc1. The molecule has 2 nitrogen and oxygen atoms in total. The Bertz CT molecular complexity index is 508. The number of benzene rings is 2. The Morgan fingerprint density at radius 2 is 1.38 bits per heavy atom. The van der Waals surface area contributed by atoms with Gasteiger partial charge in [-0.25, -0.2) is 0 Å². The Kier molecular flexibility index (Phi) is 6.66. The molecule has 0 saturated heterocycles. The molecule has 0 bridgehead atoms. The molecule has 0 unspecified atom stereocenters. The Hall–Kier alpha value is -1.96. The minimum atomic E-state index is 0.425. The second-order valence-electron chi connectivity index (χ2n) is 5.31. The van der Waals surface area contributed by atoms with Gasteiger partial charge < -0.3 is 9.84 Å². The van der Waals surface area contributed by atoms with Gasteiger partial charge in [-0.3, -0.25) is 0 Å². The van der Waals surface area contributed by atoms with E-state index in [2.05, 4.69) is 0 Å². The fraction of sp³-hybridized carbons (Fsp3) is 0.368. The summed E-state index contributed by atoms with van der Waals surface area (Å²) in [4.78, 5) is 0. The van der Waals surface area contributed by atoms with Gasteiger partial charge in [0.1, 0.15) is 11.5 Å². The van der Waals surface area contributed by atoms with Gasteiger partial charge in [0.15, 0.2) is 0 Å². The molecule has 21 heavy (non-hydrogen) atoms. The van der Waals surface area contributed by atoms with Crippen LogP contribution in [-0.2, 0) is 6.42 Å². The number of hydrogen-bond donors (Lipinski definition) is 1. The largest absolute Gasteiger partial charge is 0.508 e. The van der Waals surface area contributed by atoms with Crippen molar-refractivity contribution in [3.8, 4) is 11.5 Å². The fourth-order valence-electron chi connectivity index (χ4n) is 2.38. The van der Waals surface area contributed by atoms with Crippen LogP contribution in [0.5, 0.6) is 11.5 Å². The van der Waals surface area contributed by atoms with Gasteiger partial charge in [-0.05, 0) is 43.0 Å². The summed E-state index contributed by atoms with van der Waals surface area (Å²) >= 11 is 0. The Morgan fingerprint density at radius 3 is 2.19 bits per heavy atom. The summed E-state index contributed by atoms with van der Waals surface area (Å²) in [6.07, 6.45) is 6.84. The van der Waals surface area contributed by atoms with Gasteiger partial charge in [0, 0.05) is 0 Å². The van der Waals surface area contributed by atoms with Gasteiger partial charge in [0.05, 0.1) is 6.61 Å². The first-order valence-corrected chi connectivity index (χ1v) is 7.81. The molecule has 0 aliphatic carbocycles. The summed E-state index contributed by atoms with van der Waals surface area (Å²) in [7, 11) is 0. The van der Waals surface area contributed by atoms with Crippen molar-refractivity contribution in [2.45, 2.75) is 38.5 Å². The molecular formula is C19H24O2. The average molecular weight is 284 g/mol. The first-order chi connectivity index (χ1) is 10.4. The van der Waals surface area contributed by atoms with E-state index in [1.165, 1.54) is 19.3 Å². The van der Waals surface area contributed by atoms with Crippen LogP contribution < -0.4 is 4.74 Å². The van der Waals surface area contributed by atoms with E-state index in [1.54, 1.807) is 6.07 Å². The number of aryl methyl sites for hydroxylation is 1. The molecule has 0 aliphatic heterocycles. The molecule has 2 aromatic rings. The Labute approximate surface area is 127 Å². The van der Waals surface area contributed by atoms with Gasteiger partial charge >= 0.3 is 0 Å². The molecule has 2 rings (SSSR count). The molecule has 0 amide bonds. The highest BCUT2D eigenvalue weighted by atomic mass is 16.5. The second-order valence-corrected chi connectivity index (χ2v) is 5.31. The van der Waals surface area contributed by atoms with Crippen molar-refractivity contribution in [1.82, 2.24) is 0 Å². The predicted octanol–water partition coefficient (Wildman–Crippen LogP) is 4.96. The van der Waals surface area contributed by atoms with Crippen LogP contribution in [0.25, 0.3) is 0 Å². The van der Waals surface area contributed by atoms with Crippen molar-refractivity contribution in [2.24, 2.45) is 0 Å². The molecule has 0 heterocycles. The lowest BCUT2D eigenvalue weighted by atomic mass is 10.0. The number of phenols is 1. The van der Waals surface area contributed by atoms with Crippen molar-refractivity contribution >= 4 is 0 Å². The monoisotopic (exact) mass is 284 g/mol. The van der Waals surface area contributed by atoms with E-state index in [-0.39, 0.29) is 0 Å². The maximum atomic E-state index is 9.67. The van der Waals surface area contributed by atoms with Crippen LogP contribution in [0.15, 0.2) is 54.6 Å². The molecule has 0 radical (unpaired) electrons. The molecular weight excluding hydrogens is 260 g/mol. The summed E-state index contributed by atoms with van der Waals surface area (Å²) < 4.78 is 5.66. The third-order valence-electron chi connectivity index (χ3n) is 3.59. The lowest BCUT2D eigenvalue weighted by molar-refractivity contribution is 0.304. The number of unbranched alkanes of at least 4 members (excludes halogenated alkanes) is 4. The van der Waals surface area contributed by atoms with E-state index in [0.717, 1.165) is 37.2 Å². The second kappa shape index (κ2) is 9.06. The molecule has 112 valence electrons. The van der Waals surface area contributed by atoms with Gasteiger partial charge in [-0.1, -0.05) is 55.7 Å². The van der Waals surface area contributed by atoms with E-state index in [0.29, 0.717) is 5.75 Å². The van der Waals surface area contributed by atoms with Crippen molar-refractivity contribution in [2.75, 3.05) is 6.61 Å². The third-order valence-corrected chi connectivity index (χ3v) is 3.59. The quantitative estimate of drug-likeness (QED) is 0.659. The highest BCUT2D eigenvalue weighted by molar-refractivity contribution is 5.31. The van der Waals surface area contributed by atoms with Crippen LogP contribution in [0.3, 0.4) is 0 Å². The van der Waals surface area contributed by atoms with Crippen LogP contribution in [0.1, 0.15) is 37.7 Å². The molecule has 0 fully saturated rings. The Balaban J connectivity index is 1.48. The van der Waals surface area contributed by atoms with Crippen LogP contribution in [-0.4, -0.2) is 11.7 Å². The van der Waals surface area contributed by atoms with Crippen LogP contribution in [0.4, 0.5) is 0 Å². The number of phenolic OH excluding ortho intramolecular Hbond substituents is 1. The smallest absolute Gasteiger partial charge is 0.119 e. The molecule has 0 aromatic heterocycles. The Morgan fingerprint density at radius 1 is 0.714 bits per heavy atom. The van der Waals surface area contributed by atoms with Crippen molar-refractivity contribution in [3.05, 3.63) is 60.2 Å². The standard InChI is InChI=1S/C19H24O2/c20-19-15-9-8-12-17(19)11-5-2-1-3-10-16-21-18-13-6-4-7-14-18/h4,6-9,12-15,20H,1-3,5,10-11,16H2. The first-order valence-electron chi connectivity index (χ1n) is 7.81. The minimum absolute atomic E-state index is 0.425. The van der Waals surface area contributed by atoms with E-state index < -0.39 is 0 Å². The zero-order chi connectivity index (χ0) is 14.8. The average Bonchev–Trinajstić information content (AvgIpc) is 2.52. The molecule has 2 heteroatoms. The number of rotatable bonds is 9. The summed E-state index contributed by atoms with van der Waals surface area (Å²) in [5, 5.41) is 9.67. The first kappa shape index (κ1) is 15.4. The summed E-state index contributed by atoms with van der Waals surface area (Å²) in [6.45, 7) is 0.795. The molecule has 0 spiro atoms. The highest BCUT2D eigenvalue weighted by Crippen LogP contribution is 2.18. The number of hydrogen-bond acceptors (Lipinski definition) is 2. The summed E-state index contributed by atoms with van der Waals surface area (Å²) in [6, 6.07) is 17.6. The maximum absolute atomic E-state index is 9.67. The van der Waals surface area contributed by atoms with E-state index in [9.17, 15) is 5.11 Å². The van der Waals surface area contributed by atoms with Crippen molar-refractivity contribution < 1.29 is 9.84 Å². The van der Waals surface area contributed by atoms with Crippen molar-refractivity contribution in [1.29, 1.82) is 0 Å². The predicted molar refractivity (Wildman–Crippen MR) is 86.8 cm³/mol. The summed E-state index contributed by atoms with van der Waals surface area (Å²) in [5.41, 5.74) is 1.06. The molecule has 0 atom stereocenters. The molecule has 0 aliphatic rings. The molecule has 0 saturated carbocycles. The molecule has 2 aromatic carbocycles. The summed E-state index contributed by atoms with van der Waals surface area (Å²) in [5.74, 6) is 1.38. The van der Waals surface area contributed by atoms with Gasteiger partial charge in [0.25, 0.3) is 0 Å². The van der Waals surface area contributed by atoms with E-state index >= 15 is 0 Å². The number of para-hydroxylation sites is 2. The lowest BCUT2D eigenvalue weighted by Gasteiger charge is -2.06. The third kappa shape index (κ3) is 5.90. The van der Waals surface area contributed by atoms with Gasteiger partial charge in [0.2, 0.25) is 0 Å². The normalized spacial score (nSPS) is 10.5. The van der Waals surface area contributed by atoms with Crippen molar-refractivity contribution in [3.63, 3.8) is 0 Å². The van der Waals surface area contributed by atoms with E-state index in [1.807, 2.05) is 48.5 Å². The topological polar surface area (TPSA) is 29.5 Å². The van der Waals surface area contributed by atoms with Gasteiger partial charge in [-0.2, -0.15) is 0 Å². The lowest BCUT2D eigenvalue weighted by Crippen LogP contribution is -1.97.